The highest BCUT2D eigenvalue weighted by Gasteiger charge is 2.07. The Morgan fingerprint density at radius 3 is 2.80 bits per heavy atom. The molecule has 0 saturated heterocycles. The minimum atomic E-state index is 0.0466. The van der Waals surface area contributed by atoms with Gasteiger partial charge in [0.25, 0.3) is 0 Å². The van der Waals surface area contributed by atoms with E-state index in [1.54, 1.807) is 18.4 Å². The normalized spacial score (nSPS) is 12.7. The van der Waals surface area contributed by atoms with Crippen LogP contribution in [-0.2, 0) is 12.8 Å². The molecule has 0 bridgehead atoms. The number of guanidine groups is 1. The van der Waals surface area contributed by atoms with E-state index in [-0.39, 0.29) is 6.10 Å². The Morgan fingerprint density at radius 1 is 1.32 bits per heavy atom. The van der Waals surface area contributed by atoms with E-state index < -0.39 is 0 Å². The first-order valence-corrected chi connectivity index (χ1v) is 9.60. The highest BCUT2D eigenvalue weighted by molar-refractivity contribution is 7.09. The summed E-state index contributed by atoms with van der Waals surface area (Å²) in [6, 6.07) is 8.06. The number of aliphatic imine (C=N–C) groups is 1. The summed E-state index contributed by atoms with van der Waals surface area (Å²) in [5.74, 6) is 1.71. The third kappa shape index (κ3) is 6.38. The highest BCUT2D eigenvalue weighted by Crippen LogP contribution is 2.17. The SMILES string of the molecule is CCc1nc(CCNC(=NC)NCC(C)Oc2ccccc2C)cs1. The number of hydrogen-bond donors (Lipinski definition) is 2. The van der Waals surface area contributed by atoms with Gasteiger partial charge in [0.15, 0.2) is 5.96 Å². The van der Waals surface area contributed by atoms with Crippen molar-refractivity contribution in [1.29, 1.82) is 0 Å². The average molecular weight is 361 g/mol. The quantitative estimate of drug-likeness (QED) is 0.561. The van der Waals surface area contributed by atoms with E-state index in [4.69, 9.17) is 4.74 Å². The van der Waals surface area contributed by atoms with Crippen molar-refractivity contribution in [2.45, 2.75) is 39.7 Å². The monoisotopic (exact) mass is 360 g/mol. The number of aryl methyl sites for hydroxylation is 2. The maximum Gasteiger partial charge on any atom is 0.191 e. The van der Waals surface area contributed by atoms with Gasteiger partial charge in [0.2, 0.25) is 0 Å². The second-order valence-corrected chi connectivity index (χ2v) is 6.85. The summed E-state index contributed by atoms with van der Waals surface area (Å²) in [7, 11) is 1.78. The molecule has 2 aromatic rings. The lowest BCUT2D eigenvalue weighted by Gasteiger charge is -2.18. The van der Waals surface area contributed by atoms with Crippen LogP contribution in [-0.4, -0.2) is 37.2 Å². The van der Waals surface area contributed by atoms with Crippen molar-refractivity contribution >= 4 is 17.3 Å². The predicted octanol–water partition coefficient (Wildman–Crippen LogP) is 3.19. The second-order valence-electron chi connectivity index (χ2n) is 5.91. The zero-order chi connectivity index (χ0) is 18.1. The van der Waals surface area contributed by atoms with Gasteiger partial charge in [-0.1, -0.05) is 25.1 Å². The van der Waals surface area contributed by atoms with Crippen molar-refractivity contribution in [3.63, 3.8) is 0 Å². The van der Waals surface area contributed by atoms with E-state index in [0.717, 1.165) is 42.4 Å². The van der Waals surface area contributed by atoms with Crippen LogP contribution in [0.5, 0.6) is 5.75 Å². The van der Waals surface area contributed by atoms with Gasteiger partial charge in [0.05, 0.1) is 17.2 Å². The van der Waals surface area contributed by atoms with Crippen LogP contribution in [0.15, 0.2) is 34.6 Å². The van der Waals surface area contributed by atoms with Crippen LogP contribution in [0.1, 0.15) is 30.1 Å². The molecule has 0 aliphatic heterocycles. The molecule has 2 rings (SSSR count). The summed E-state index contributed by atoms with van der Waals surface area (Å²) >= 11 is 1.73. The van der Waals surface area contributed by atoms with E-state index in [9.17, 15) is 0 Å². The molecule has 0 fully saturated rings. The summed E-state index contributed by atoms with van der Waals surface area (Å²) in [4.78, 5) is 8.84. The van der Waals surface area contributed by atoms with Gasteiger partial charge in [-0.3, -0.25) is 4.99 Å². The number of nitrogens with zero attached hydrogens (tertiary/aromatic N) is 2. The van der Waals surface area contributed by atoms with Crippen molar-refractivity contribution in [3.05, 3.63) is 45.9 Å². The fourth-order valence-electron chi connectivity index (χ4n) is 2.34. The van der Waals surface area contributed by atoms with Crippen LogP contribution in [0.2, 0.25) is 0 Å². The minimum absolute atomic E-state index is 0.0466. The number of benzene rings is 1. The van der Waals surface area contributed by atoms with Gasteiger partial charge in [-0.2, -0.15) is 0 Å². The van der Waals surface area contributed by atoms with Crippen molar-refractivity contribution in [1.82, 2.24) is 15.6 Å². The molecule has 0 saturated carbocycles. The molecule has 1 atom stereocenters. The van der Waals surface area contributed by atoms with Gasteiger partial charge in [0, 0.05) is 25.4 Å². The molecule has 0 aliphatic rings. The number of aromatic nitrogens is 1. The Kier molecular flexibility index (Phi) is 7.73. The molecule has 1 unspecified atom stereocenters. The molecule has 136 valence electrons. The molecule has 1 heterocycles. The fraction of sp³-hybridized carbons (Fsp3) is 0.474. The van der Waals surface area contributed by atoms with Gasteiger partial charge in [-0.25, -0.2) is 4.98 Å². The fourth-order valence-corrected chi connectivity index (χ4v) is 3.12. The van der Waals surface area contributed by atoms with Crippen LogP contribution in [0.25, 0.3) is 0 Å². The van der Waals surface area contributed by atoms with Gasteiger partial charge < -0.3 is 15.4 Å². The third-order valence-electron chi connectivity index (χ3n) is 3.78. The van der Waals surface area contributed by atoms with E-state index in [1.807, 2.05) is 25.1 Å². The molecule has 25 heavy (non-hydrogen) atoms. The topological polar surface area (TPSA) is 58.5 Å². The number of hydrogen-bond acceptors (Lipinski definition) is 4. The Morgan fingerprint density at radius 2 is 2.12 bits per heavy atom. The van der Waals surface area contributed by atoms with Crippen LogP contribution < -0.4 is 15.4 Å². The smallest absolute Gasteiger partial charge is 0.191 e. The molecule has 6 heteroatoms. The first kappa shape index (κ1) is 19.2. The summed E-state index contributed by atoms with van der Waals surface area (Å²) in [5.41, 5.74) is 2.28. The van der Waals surface area contributed by atoms with Crippen LogP contribution in [0.4, 0.5) is 0 Å². The summed E-state index contributed by atoms with van der Waals surface area (Å²) in [5, 5.41) is 9.96. The number of nitrogens with one attached hydrogen (secondary N) is 2. The molecule has 0 aliphatic carbocycles. The molecule has 0 spiro atoms. The summed E-state index contributed by atoms with van der Waals surface area (Å²) in [6.45, 7) is 7.73. The molecule has 1 aromatic carbocycles. The average Bonchev–Trinajstić information content (AvgIpc) is 3.08. The van der Waals surface area contributed by atoms with Crippen LogP contribution >= 0.6 is 11.3 Å². The lowest BCUT2D eigenvalue weighted by atomic mass is 10.2. The van der Waals surface area contributed by atoms with E-state index in [1.165, 1.54) is 5.01 Å². The van der Waals surface area contributed by atoms with E-state index in [2.05, 4.69) is 45.9 Å². The van der Waals surface area contributed by atoms with E-state index in [0.29, 0.717) is 6.54 Å². The van der Waals surface area contributed by atoms with Crippen molar-refractivity contribution in [2.75, 3.05) is 20.1 Å². The zero-order valence-corrected chi connectivity index (χ0v) is 16.3. The Balaban J connectivity index is 1.71. The first-order chi connectivity index (χ1) is 12.1. The van der Waals surface area contributed by atoms with Crippen molar-refractivity contribution in [2.24, 2.45) is 4.99 Å². The minimum Gasteiger partial charge on any atom is -0.489 e. The van der Waals surface area contributed by atoms with Gasteiger partial charge >= 0.3 is 0 Å². The number of para-hydroxylation sites is 1. The van der Waals surface area contributed by atoms with Crippen molar-refractivity contribution < 1.29 is 4.74 Å². The molecule has 2 N–H and O–H groups in total. The number of thiazole rings is 1. The van der Waals surface area contributed by atoms with Crippen LogP contribution in [0, 0.1) is 6.92 Å². The van der Waals surface area contributed by atoms with Crippen LogP contribution in [0.3, 0.4) is 0 Å². The lowest BCUT2D eigenvalue weighted by molar-refractivity contribution is 0.222. The maximum absolute atomic E-state index is 5.98. The highest BCUT2D eigenvalue weighted by atomic mass is 32.1. The molecular formula is C19H28N4OS. The zero-order valence-electron chi connectivity index (χ0n) is 15.5. The Labute approximate surface area is 154 Å². The molecular weight excluding hydrogens is 332 g/mol. The summed E-state index contributed by atoms with van der Waals surface area (Å²) < 4.78 is 5.98. The molecule has 0 amide bonds. The van der Waals surface area contributed by atoms with E-state index >= 15 is 0 Å². The lowest BCUT2D eigenvalue weighted by Crippen LogP contribution is -2.42. The van der Waals surface area contributed by atoms with Gasteiger partial charge in [0.1, 0.15) is 11.9 Å². The Bertz CT molecular complexity index is 684. The van der Waals surface area contributed by atoms with Gasteiger partial charge in [-0.15, -0.1) is 11.3 Å². The predicted molar refractivity (Wildman–Crippen MR) is 106 cm³/mol. The first-order valence-electron chi connectivity index (χ1n) is 8.72. The van der Waals surface area contributed by atoms with Gasteiger partial charge in [-0.05, 0) is 31.9 Å². The second kappa shape index (κ2) is 10.0. The molecule has 0 radical (unpaired) electrons. The molecule has 1 aromatic heterocycles. The standard InChI is InChI=1S/C19H28N4OS/c1-5-18-23-16(13-25-18)10-11-21-19(20-4)22-12-15(3)24-17-9-7-6-8-14(17)2/h6-9,13,15H,5,10-12H2,1-4H3,(H2,20,21,22). The largest absolute Gasteiger partial charge is 0.489 e. The number of rotatable bonds is 8. The number of ether oxygens (including phenoxy) is 1. The Hall–Kier alpha value is -2.08. The third-order valence-corrected chi connectivity index (χ3v) is 4.82. The molecule has 5 nitrogen and oxygen atoms in total. The summed E-state index contributed by atoms with van der Waals surface area (Å²) in [6.07, 6.45) is 1.94. The van der Waals surface area contributed by atoms with Crippen molar-refractivity contribution in [3.8, 4) is 5.75 Å². The maximum atomic E-state index is 5.98.